The molecule has 1 N–H and O–H groups in total. The predicted octanol–water partition coefficient (Wildman–Crippen LogP) is 4.56. The molecule has 3 aliphatic rings. The number of carbonyl (C=O) groups is 3. The van der Waals surface area contributed by atoms with Gasteiger partial charge in [-0.2, -0.15) is 22.9 Å². The van der Waals surface area contributed by atoms with Crippen molar-refractivity contribution in [2.75, 3.05) is 40.0 Å². The molecule has 1 unspecified atom stereocenters. The molecule has 0 spiro atoms. The van der Waals surface area contributed by atoms with E-state index in [0.717, 1.165) is 66.6 Å². The quantitative estimate of drug-likeness (QED) is 0.154. The molecule has 1 fully saturated rings. The number of hydrogen-bond donors (Lipinski definition) is 1. The molecule has 0 saturated carbocycles. The first-order valence-electron chi connectivity index (χ1n) is 17.9. The zero-order valence-corrected chi connectivity index (χ0v) is 29.5. The van der Waals surface area contributed by atoms with Gasteiger partial charge in [-0.05, 0) is 79.5 Å². The van der Waals surface area contributed by atoms with Crippen LogP contribution in [0.3, 0.4) is 0 Å². The van der Waals surface area contributed by atoms with E-state index < -0.39 is 18.0 Å². The number of fused-ring (bicyclic) bond motifs is 2. The van der Waals surface area contributed by atoms with Crippen LogP contribution in [0.2, 0.25) is 0 Å². The number of hydrogen-bond acceptors (Lipinski definition) is 9. The van der Waals surface area contributed by atoms with Gasteiger partial charge in [0.2, 0.25) is 5.91 Å². The number of aryl methyl sites for hydroxylation is 1. The van der Waals surface area contributed by atoms with E-state index in [-0.39, 0.29) is 43.6 Å². The number of aromatic nitrogens is 3. The van der Waals surface area contributed by atoms with E-state index in [1.54, 1.807) is 12.1 Å². The van der Waals surface area contributed by atoms with Gasteiger partial charge >= 0.3 is 6.18 Å². The average Bonchev–Trinajstić information content (AvgIpc) is 3.75. The minimum Gasteiger partial charge on any atom is -0.494 e. The fraction of sp³-hybridized carbons (Fsp3) is 0.474. The number of ether oxygens (including phenoxy) is 2. The van der Waals surface area contributed by atoms with Crippen molar-refractivity contribution < 1.29 is 37.0 Å². The van der Waals surface area contributed by atoms with E-state index in [0.29, 0.717) is 43.4 Å². The van der Waals surface area contributed by atoms with Crippen LogP contribution in [-0.4, -0.2) is 94.6 Å². The molecule has 12 nitrogen and oxygen atoms in total. The Labute approximate surface area is 305 Å². The lowest BCUT2D eigenvalue weighted by atomic mass is 9.89. The highest BCUT2D eigenvalue weighted by Gasteiger charge is 2.40. The third-order valence-corrected chi connectivity index (χ3v) is 9.74. The summed E-state index contributed by atoms with van der Waals surface area (Å²) in [6.07, 6.45) is 0.918. The van der Waals surface area contributed by atoms with Crippen LogP contribution in [0.4, 0.5) is 13.2 Å². The number of halogens is 3. The molecule has 3 aliphatic heterocycles. The molecule has 1 atom stereocenters. The van der Waals surface area contributed by atoms with Crippen LogP contribution in [-0.2, 0) is 33.5 Å². The van der Waals surface area contributed by atoms with Gasteiger partial charge < -0.3 is 29.4 Å². The molecule has 15 heteroatoms. The molecule has 0 aliphatic carbocycles. The van der Waals surface area contributed by atoms with Gasteiger partial charge in [-0.1, -0.05) is 24.0 Å². The van der Waals surface area contributed by atoms with E-state index >= 15 is 0 Å². The lowest BCUT2D eigenvalue weighted by molar-refractivity contribution is -0.147. The molecule has 3 aromatic rings. The number of amides is 2. The van der Waals surface area contributed by atoms with Gasteiger partial charge in [-0.15, -0.1) is 10.2 Å². The third-order valence-electron chi connectivity index (χ3n) is 9.74. The lowest BCUT2D eigenvalue weighted by Gasteiger charge is -2.35. The molecule has 53 heavy (non-hydrogen) atoms. The summed E-state index contributed by atoms with van der Waals surface area (Å²) in [5.41, 5.74) is 3.31. The zero-order valence-electron chi connectivity index (χ0n) is 29.5. The van der Waals surface area contributed by atoms with E-state index in [2.05, 4.69) is 49.5 Å². The smallest absolute Gasteiger partial charge is 0.453 e. The Kier molecular flexibility index (Phi) is 12.1. The van der Waals surface area contributed by atoms with Crippen molar-refractivity contribution in [3.05, 3.63) is 76.4 Å². The van der Waals surface area contributed by atoms with Crippen LogP contribution >= 0.6 is 0 Å². The molecule has 2 aromatic carbocycles. The number of amidine groups is 1. The highest BCUT2D eigenvalue weighted by molar-refractivity contribution is 6.01. The van der Waals surface area contributed by atoms with Gasteiger partial charge in [0.25, 0.3) is 11.7 Å². The van der Waals surface area contributed by atoms with Crippen LogP contribution in [0.25, 0.3) is 0 Å². The first-order chi connectivity index (χ1) is 25.7. The Hall–Kier alpha value is -5.23. The van der Waals surface area contributed by atoms with Crippen molar-refractivity contribution in [2.45, 2.75) is 76.0 Å². The van der Waals surface area contributed by atoms with Gasteiger partial charge in [-0.25, -0.2) is 0 Å². The van der Waals surface area contributed by atoms with Crippen molar-refractivity contribution in [3.63, 3.8) is 0 Å². The summed E-state index contributed by atoms with van der Waals surface area (Å²) in [5.74, 6) is 6.52. The molecule has 0 bridgehead atoms. The Balaban J connectivity index is 0.870. The second-order valence-corrected chi connectivity index (χ2v) is 13.2. The van der Waals surface area contributed by atoms with Crippen molar-refractivity contribution in [1.82, 2.24) is 30.0 Å². The summed E-state index contributed by atoms with van der Waals surface area (Å²) in [4.78, 5) is 39.8. The molecule has 1 saturated heterocycles. The number of likely N-dealkylation sites (N-methyl/N-ethyl adjacent to an activating group) is 1. The van der Waals surface area contributed by atoms with Gasteiger partial charge in [0.1, 0.15) is 30.5 Å². The summed E-state index contributed by atoms with van der Waals surface area (Å²) in [7, 11) is 1.51. The summed E-state index contributed by atoms with van der Waals surface area (Å²) in [6, 6.07) is 12.8. The molecular weight excluding hydrogens is 691 g/mol. The lowest BCUT2D eigenvalue weighted by Crippen LogP contribution is -2.46. The fourth-order valence-electron chi connectivity index (χ4n) is 6.92. The Morgan fingerprint density at radius 2 is 1.85 bits per heavy atom. The molecule has 0 radical (unpaired) electrons. The number of rotatable bonds is 13. The average molecular weight is 734 g/mol. The van der Waals surface area contributed by atoms with Gasteiger partial charge in [0.15, 0.2) is 5.82 Å². The highest BCUT2D eigenvalue weighted by atomic mass is 19.4. The molecule has 1 aromatic heterocycles. The van der Waals surface area contributed by atoms with E-state index in [4.69, 9.17) is 9.47 Å². The number of likely N-dealkylation sites (tertiary alicyclic amines) is 1. The number of nitrogens with zero attached hydrogens (tertiary/aromatic N) is 6. The zero-order chi connectivity index (χ0) is 37.4. The number of piperidine rings is 1. The van der Waals surface area contributed by atoms with Crippen LogP contribution in [0.5, 0.6) is 5.75 Å². The molecule has 4 heterocycles. The second-order valence-electron chi connectivity index (χ2n) is 13.2. The monoisotopic (exact) mass is 733 g/mol. The number of unbranched alkanes of at least 4 members (excludes halogenated alkanes) is 1. The highest BCUT2D eigenvalue weighted by Crippen LogP contribution is 2.33. The maximum Gasteiger partial charge on any atom is 0.453 e. The molecule has 2 amide bonds. The minimum absolute atomic E-state index is 0.191. The maximum atomic E-state index is 13.3. The third kappa shape index (κ3) is 9.05. The standard InChI is InChI=1S/C38H42F3N7O5/c1-42-35(50)32(7-4-20-49)47-25-29-24-26(8-13-31(29)36(47)51)6-5-22-52-21-2-3-23-53-30-11-9-27(10-12-30)28-16-18-46(19-17-28)34-15-14-33-43-44-37(38(39,40)41)48(33)45-34/h8-13,20,24,28,32H,2-4,7,14-19,21-23,25H2,1H3,(H,42,50). The number of aldehydes is 1. The maximum absolute atomic E-state index is 13.3. The SMILES string of the molecule is CNC(=O)C(CCC=O)N1Cc2cc(C#CCOCCCCOc3ccc(C4CCN(C5=Nn6c(nnc6C(F)(F)F)CC5)CC4)cc3)ccc2C1=O. The van der Waals surface area contributed by atoms with Gasteiger partial charge in [0, 0.05) is 63.7 Å². The van der Waals surface area contributed by atoms with Crippen molar-refractivity contribution in [3.8, 4) is 17.6 Å². The summed E-state index contributed by atoms with van der Waals surface area (Å²) < 4.78 is 52.3. The van der Waals surface area contributed by atoms with Crippen molar-refractivity contribution in [1.29, 1.82) is 0 Å². The van der Waals surface area contributed by atoms with Crippen LogP contribution in [0, 0.1) is 11.8 Å². The van der Waals surface area contributed by atoms with Crippen LogP contribution in [0.1, 0.15) is 89.6 Å². The Bertz CT molecular complexity index is 1870. The first-order valence-corrected chi connectivity index (χ1v) is 17.9. The number of nitrogens with one attached hydrogen (secondary N) is 1. The largest absolute Gasteiger partial charge is 0.494 e. The number of alkyl halides is 3. The molecule has 280 valence electrons. The van der Waals surface area contributed by atoms with Crippen molar-refractivity contribution >= 4 is 23.9 Å². The Morgan fingerprint density at radius 3 is 2.58 bits per heavy atom. The normalized spacial score (nSPS) is 16.3. The Morgan fingerprint density at radius 1 is 1.08 bits per heavy atom. The summed E-state index contributed by atoms with van der Waals surface area (Å²) >= 11 is 0. The van der Waals surface area contributed by atoms with Gasteiger partial charge in [-0.3, -0.25) is 9.59 Å². The van der Waals surface area contributed by atoms with Crippen LogP contribution < -0.4 is 10.1 Å². The minimum atomic E-state index is -4.60. The van der Waals surface area contributed by atoms with Gasteiger partial charge in [0.05, 0.1) is 6.61 Å². The van der Waals surface area contributed by atoms with E-state index in [1.165, 1.54) is 17.5 Å². The van der Waals surface area contributed by atoms with Crippen LogP contribution in [0.15, 0.2) is 47.6 Å². The summed E-state index contributed by atoms with van der Waals surface area (Å²) in [5, 5.41) is 13.8. The summed E-state index contributed by atoms with van der Waals surface area (Å²) in [6.45, 7) is 3.09. The van der Waals surface area contributed by atoms with Crippen molar-refractivity contribution in [2.24, 2.45) is 5.10 Å². The van der Waals surface area contributed by atoms with E-state index in [1.807, 2.05) is 18.2 Å². The molecule has 6 rings (SSSR count). The van der Waals surface area contributed by atoms with E-state index in [9.17, 15) is 27.6 Å². The molecular formula is C38H42F3N7O5. The number of benzene rings is 2. The number of carbonyl (C=O) groups excluding carboxylic acids is 3. The second kappa shape index (κ2) is 17.1. The topological polar surface area (TPSA) is 131 Å². The fourth-order valence-corrected chi connectivity index (χ4v) is 6.92. The predicted molar refractivity (Wildman–Crippen MR) is 188 cm³/mol. The first kappa shape index (κ1) is 37.5.